The van der Waals surface area contributed by atoms with Gasteiger partial charge in [0.05, 0.1) is 6.10 Å². The molecule has 0 fully saturated rings. The third kappa shape index (κ3) is 7.93. The van der Waals surface area contributed by atoms with Crippen LogP contribution in [-0.2, 0) is 14.3 Å². The van der Waals surface area contributed by atoms with Crippen molar-refractivity contribution in [2.45, 2.75) is 33.3 Å². The molecule has 0 heterocycles. The molecule has 0 aromatic carbocycles. The number of likely N-dealkylation sites (N-methyl/N-ethyl adjacent to an activating group) is 1. The van der Waals surface area contributed by atoms with Gasteiger partial charge >= 0.3 is 11.8 Å². The summed E-state index contributed by atoms with van der Waals surface area (Å²) in [6.45, 7) is 7.18. The first kappa shape index (κ1) is 13.9. The average Bonchev–Trinajstić information content (AvgIpc) is 2.16. The van der Waals surface area contributed by atoms with Gasteiger partial charge in [0.25, 0.3) is 0 Å². The molecule has 0 radical (unpaired) electrons. The summed E-state index contributed by atoms with van der Waals surface area (Å²) in [7, 11) is 0. The van der Waals surface area contributed by atoms with E-state index in [-0.39, 0.29) is 6.10 Å². The molecule has 5 nitrogen and oxygen atoms in total. The molecular formula is C10H20N2O3. The minimum Gasteiger partial charge on any atom is -0.379 e. The van der Waals surface area contributed by atoms with Crippen molar-refractivity contribution in [3.63, 3.8) is 0 Å². The molecule has 0 saturated heterocycles. The summed E-state index contributed by atoms with van der Waals surface area (Å²) in [4.78, 5) is 22.0. The van der Waals surface area contributed by atoms with Gasteiger partial charge in [0, 0.05) is 19.7 Å². The lowest BCUT2D eigenvalue weighted by atomic mass is 10.4. The quantitative estimate of drug-likeness (QED) is 0.487. The highest BCUT2D eigenvalue weighted by Crippen LogP contribution is 1.88. The predicted octanol–water partition coefficient (Wildman–Crippen LogP) is 0.0538. The number of amides is 2. The van der Waals surface area contributed by atoms with Crippen molar-refractivity contribution >= 4 is 11.8 Å². The summed E-state index contributed by atoms with van der Waals surface area (Å²) in [5.41, 5.74) is 0. The van der Waals surface area contributed by atoms with E-state index in [1.807, 2.05) is 13.8 Å². The second-order valence-corrected chi connectivity index (χ2v) is 3.39. The van der Waals surface area contributed by atoms with Gasteiger partial charge in [-0.05, 0) is 27.2 Å². The van der Waals surface area contributed by atoms with Gasteiger partial charge in [0.1, 0.15) is 0 Å². The largest absolute Gasteiger partial charge is 0.379 e. The number of ether oxygens (including phenoxy) is 1. The van der Waals surface area contributed by atoms with Crippen LogP contribution >= 0.6 is 0 Å². The third-order valence-electron chi connectivity index (χ3n) is 1.60. The Bertz CT molecular complexity index is 205. The number of rotatable bonds is 6. The Morgan fingerprint density at radius 2 is 1.80 bits per heavy atom. The van der Waals surface area contributed by atoms with Crippen molar-refractivity contribution in [1.29, 1.82) is 0 Å². The van der Waals surface area contributed by atoms with Crippen LogP contribution in [0.15, 0.2) is 0 Å². The third-order valence-corrected chi connectivity index (χ3v) is 1.60. The van der Waals surface area contributed by atoms with Crippen LogP contribution in [0.4, 0.5) is 0 Å². The fraction of sp³-hybridized carbons (Fsp3) is 0.800. The first-order valence-corrected chi connectivity index (χ1v) is 5.25. The van der Waals surface area contributed by atoms with E-state index in [4.69, 9.17) is 4.74 Å². The smallest absolute Gasteiger partial charge is 0.309 e. The summed E-state index contributed by atoms with van der Waals surface area (Å²) in [6.07, 6.45) is 0.910. The zero-order valence-corrected chi connectivity index (χ0v) is 9.63. The van der Waals surface area contributed by atoms with Crippen molar-refractivity contribution in [2.24, 2.45) is 0 Å². The van der Waals surface area contributed by atoms with E-state index in [1.165, 1.54) is 0 Å². The number of carbonyl (C=O) groups excluding carboxylic acids is 2. The molecule has 0 unspecified atom stereocenters. The van der Waals surface area contributed by atoms with Gasteiger partial charge in [0.2, 0.25) is 0 Å². The summed E-state index contributed by atoms with van der Waals surface area (Å²) in [5.74, 6) is -1.16. The summed E-state index contributed by atoms with van der Waals surface area (Å²) in [5, 5.41) is 4.93. The first-order chi connectivity index (χ1) is 7.07. The Kier molecular flexibility index (Phi) is 7.62. The highest BCUT2D eigenvalue weighted by Gasteiger charge is 2.10. The Labute approximate surface area is 90.6 Å². The maximum Gasteiger partial charge on any atom is 0.309 e. The van der Waals surface area contributed by atoms with E-state index in [2.05, 4.69) is 10.6 Å². The van der Waals surface area contributed by atoms with Gasteiger partial charge in [-0.15, -0.1) is 0 Å². The molecule has 0 aliphatic carbocycles. The molecule has 0 spiro atoms. The summed E-state index contributed by atoms with van der Waals surface area (Å²) in [6, 6.07) is 0. The van der Waals surface area contributed by atoms with Crippen LogP contribution in [0, 0.1) is 0 Å². The average molecular weight is 216 g/mol. The molecule has 0 saturated carbocycles. The minimum absolute atomic E-state index is 0.198. The molecule has 0 aliphatic rings. The predicted molar refractivity (Wildman–Crippen MR) is 57.4 cm³/mol. The highest BCUT2D eigenvalue weighted by atomic mass is 16.5. The molecule has 0 bridgehead atoms. The van der Waals surface area contributed by atoms with Crippen molar-refractivity contribution < 1.29 is 14.3 Å². The van der Waals surface area contributed by atoms with Crippen molar-refractivity contribution in [3.05, 3.63) is 0 Å². The molecule has 0 rings (SSSR count). The van der Waals surface area contributed by atoms with Crippen LogP contribution in [-0.4, -0.2) is 37.6 Å². The van der Waals surface area contributed by atoms with E-state index in [9.17, 15) is 9.59 Å². The highest BCUT2D eigenvalue weighted by molar-refractivity contribution is 6.35. The van der Waals surface area contributed by atoms with Crippen molar-refractivity contribution in [3.8, 4) is 0 Å². The molecule has 0 aliphatic heterocycles. The lowest BCUT2D eigenvalue weighted by Crippen LogP contribution is -2.40. The van der Waals surface area contributed by atoms with Gasteiger partial charge in [-0.3, -0.25) is 9.59 Å². The van der Waals surface area contributed by atoms with Gasteiger partial charge in [-0.25, -0.2) is 0 Å². The summed E-state index contributed by atoms with van der Waals surface area (Å²) < 4.78 is 5.28. The topological polar surface area (TPSA) is 67.4 Å². The van der Waals surface area contributed by atoms with Crippen LogP contribution in [0.25, 0.3) is 0 Å². The van der Waals surface area contributed by atoms with Crippen molar-refractivity contribution in [1.82, 2.24) is 10.6 Å². The maximum atomic E-state index is 11.1. The van der Waals surface area contributed by atoms with Gasteiger partial charge in [-0.2, -0.15) is 0 Å². The molecule has 5 heteroatoms. The molecule has 0 atom stereocenters. The fourth-order valence-corrected chi connectivity index (χ4v) is 0.914. The Balaban J connectivity index is 3.43. The number of hydrogen-bond donors (Lipinski definition) is 2. The Morgan fingerprint density at radius 1 is 1.20 bits per heavy atom. The Hall–Kier alpha value is -1.10. The standard InChI is InChI=1S/C10H20N2O3/c1-4-11-9(13)10(14)12-6-5-7-15-8(2)3/h8H,4-7H2,1-3H3,(H,11,13)(H,12,14). The lowest BCUT2D eigenvalue weighted by Gasteiger charge is -2.07. The van der Waals surface area contributed by atoms with Crippen LogP contribution in [0.2, 0.25) is 0 Å². The molecule has 0 aromatic heterocycles. The Morgan fingerprint density at radius 3 is 2.33 bits per heavy atom. The monoisotopic (exact) mass is 216 g/mol. The van der Waals surface area contributed by atoms with E-state index < -0.39 is 11.8 Å². The molecular weight excluding hydrogens is 196 g/mol. The summed E-state index contributed by atoms with van der Waals surface area (Å²) >= 11 is 0. The normalized spacial score (nSPS) is 10.1. The van der Waals surface area contributed by atoms with E-state index in [0.717, 1.165) is 0 Å². The van der Waals surface area contributed by atoms with Crippen LogP contribution in [0.1, 0.15) is 27.2 Å². The molecule has 15 heavy (non-hydrogen) atoms. The second kappa shape index (κ2) is 8.23. The SMILES string of the molecule is CCNC(=O)C(=O)NCCCOC(C)C. The van der Waals surface area contributed by atoms with Crippen LogP contribution < -0.4 is 10.6 Å². The number of hydrogen-bond acceptors (Lipinski definition) is 3. The van der Waals surface area contributed by atoms with Crippen LogP contribution in [0.5, 0.6) is 0 Å². The number of nitrogens with one attached hydrogen (secondary N) is 2. The minimum atomic E-state index is -0.582. The van der Waals surface area contributed by atoms with Gasteiger partial charge in [0.15, 0.2) is 0 Å². The first-order valence-electron chi connectivity index (χ1n) is 5.25. The molecule has 2 N–H and O–H groups in total. The fourth-order valence-electron chi connectivity index (χ4n) is 0.914. The lowest BCUT2D eigenvalue weighted by molar-refractivity contribution is -0.139. The maximum absolute atomic E-state index is 11.1. The van der Waals surface area contributed by atoms with Gasteiger partial charge in [-0.1, -0.05) is 0 Å². The van der Waals surface area contributed by atoms with Crippen molar-refractivity contribution in [2.75, 3.05) is 19.7 Å². The van der Waals surface area contributed by atoms with Crippen LogP contribution in [0.3, 0.4) is 0 Å². The zero-order chi connectivity index (χ0) is 11.7. The molecule has 2 amide bonds. The van der Waals surface area contributed by atoms with E-state index in [1.54, 1.807) is 6.92 Å². The second-order valence-electron chi connectivity index (χ2n) is 3.39. The number of carbonyl (C=O) groups is 2. The van der Waals surface area contributed by atoms with E-state index in [0.29, 0.717) is 26.1 Å². The molecule has 0 aromatic rings. The van der Waals surface area contributed by atoms with E-state index >= 15 is 0 Å². The van der Waals surface area contributed by atoms with Gasteiger partial charge < -0.3 is 15.4 Å². The zero-order valence-electron chi connectivity index (χ0n) is 9.63. The molecule has 88 valence electrons.